The van der Waals surface area contributed by atoms with Crippen LogP contribution in [0.4, 0.5) is 10.2 Å². The lowest BCUT2D eigenvalue weighted by Gasteiger charge is -2.35. The smallest absolute Gasteiger partial charge is 0.339 e. The van der Waals surface area contributed by atoms with Crippen LogP contribution < -0.4 is 9.64 Å². The number of esters is 1. The highest BCUT2D eigenvalue weighted by Crippen LogP contribution is 2.17. The van der Waals surface area contributed by atoms with E-state index in [1.165, 1.54) is 18.3 Å². The Morgan fingerprint density at radius 2 is 1.86 bits per heavy atom. The minimum absolute atomic E-state index is 0.0698. The highest BCUT2D eigenvalue weighted by Gasteiger charge is 2.22. The number of piperazine rings is 1. The number of pyridine rings is 1. The molecule has 1 saturated heterocycles. The van der Waals surface area contributed by atoms with Crippen LogP contribution in [0.25, 0.3) is 0 Å². The number of hydrogen-bond donors (Lipinski definition) is 0. The molecule has 0 N–H and O–H groups in total. The SMILES string of the molecule is CCOC(=O)c1ccc(N2CCN(C(=O)COc3ccccc3F)CC2)nc1. The molecule has 1 aromatic heterocycles. The second-order valence-electron chi connectivity index (χ2n) is 6.21. The molecule has 0 saturated carbocycles. The molecule has 2 aromatic rings. The summed E-state index contributed by atoms with van der Waals surface area (Å²) in [5.74, 6) is -0.263. The van der Waals surface area contributed by atoms with Gasteiger partial charge in [0.15, 0.2) is 18.2 Å². The van der Waals surface area contributed by atoms with Gasteiger partial charge in [-0.1, -0.05) is 12.1 Å². The number of rotatable bonds is 6. The summed E-state index contributed by atoms with van der Waals surface area (Å²) < 4.78 is 23.8. The monoisotopic (exact) mass is 387 g/mol. The minimum atomic E-state index is -0.488. The van der Waals surface area contributed by atoms with E-state index in [1.807, 2.05) is 4.90 Å². The fraction of sp³-hybridized carbons (Fsp3) is 0.350. The summed E-state index contributed by atoms with van der Waals surface area (Å²) in [6.45, 7) is 4.11. The average Bonchev–Trinajstić information content (AvgIpc) is 2.73. The van der Waals surface area contributed by atoms with Crippen molar-refractivity contribution < 1.29 is 23.5 Å². The Morgan fingerprint density at radius 3 is 2.50 bits per heavy atom. The van der Waals surface area contributed by atoms with Gasteiger partial charge in [-0.25, -0.2) is 14.2 Å². The maximum atomic E-state index is 13.6. The predicted octanol–water partition coefficient (Wildman–Crippen LogP) is 2.12. The van der Waals surface area contributed by atoms with E-state index in [9.17, 15) is 14.0 Å². The number of nitrogens with zero attached hydrogens (tertiary/aromatic N) is 3. The molecular weight excluding hydrogens is 365 g/mol. The average molecular weight is 387 g/mol. The molecule has 0 spiro atoms. The van der Waals surface area contributed by atoms with Gasteiger partial charge in [0.05, 0.1) is 12.2 Å². The molecule has 0 atom stereocenters. The van der Waals surface area contributed by atoms with Crippen LogP contribution in [0.2, 0.25) is 0 Å². The summed E-state index contributed by atoms with van der Waals surface area (Å²) in [6.07, 6.45) is 1.49. The van der Waals surface area contributed by atoms with Gasteiger partial charge in [0.2, 0.25) is 0 Å². The summed E-state index contributed by atoms with van der Waals surface area (Å²) in [6, 6.07) is 9.45. The molecule has 0 unspecified atom stereocenters. The van der Waals surface area contributed by atoms with Crippen LogP contribution >= 0.6 is 0 Å². The van der Waals surface area contributed by atoms with Crippen LogP contribution in [-0.2, 0) is 9.53 Å². The molecular formula is C20H22FN3O4. The molecule has 8 heteroatoms. The number of anilines is 1. The minimum Gasteiger partial charge on any atom is -0.481 e. The fourth-order valence-electron chi connectivity index (χ4n) is 2.89. The fourth-order valence-corrected chi connectivity index (χ4v) is 2.89. The summed E-state index contributed by atoms with van der Waals surface area (Å²) in [5.41, 5.74) is 0.407. The Kier molecular flexibility index (Phi) is 6.41. The number of hydrogen-bond acceptors (Lipinski definition) is 6. The number of carbonyl (C=O) groups excluding carboxylic acids is 2. The second kappa shape index (κ2) is 9.16. The van der Waals surface area contributed by atoms with Crippen LogP contribution in [0.5, 0.6) is 5.75 Å². The Bertz CT molecular complexity index is 820. The van der Waals surface area contributed by atoms with Crippen molar-refractivity contribution in [3.05, 3.63) is 54.0 Å². The number of halogens is 1. The van der Waals surface area contributed by atoms with Gasteiger partial charge < -0.3 is 19.3 Å². The van der Waals surface area contributed by atoms with Crippen molar-refractivity contribution in [1.82, 2.24) is 9.88 Å². The molecule has 1 aliphatic heterocycles. The van der Waals surface area contributed by atoms with E-state index < -0.39 is 11.8 Å². The number of ether oxygens (including phenoxy) is 2. The van der Waals surface area contributed by atoms with E-state index in [4.69, 9.17) is 9.47 Å². The molecule has 2 heterocycles. The summed E-state index contributed by atoms with van der Waals surface area (Å²) in [5, 5.41) is 0. The Labute approximate surface area is 162 Å². The van der Waals surface area contributed by atoms with Gasteiger partial charge in [0.25, 0.3) is 5.91 Å². The lowest BCUT2D eigenvalue weighted by molar-refractivity contribution is -0.133. The van der Waals surface area contributed by atoms with Crippen molar-refractivity contribution >= 4 is 17.7 Å². The first-order chi connectivity index (χ1) is 13.6. The molecule has 3 rings (SSSR count). The van der Waals surface area contributed by atoms with E-state index in [-0.39, 0.29) is 18.3 Å². The normalized spacial score (nSPS) is 13.9. The van der Waals surface area contributed by atoms with Gasteiger partial charge >= 0.3 is 5.97 Å². The van der Waals surface area contributed by atoms with Gasteiger partial charge in [-0.3, -0.25) is 4.79 Å². The number of amides is 1. The number of aromatic nitrogens is 1. The Morgan fingerprint density at radius 1 is 1.11 bits per heavy atom. The van der Waals surface area contributed by atoms with Crippen molar-refractivity contribution in [2.45, 2.75) is 6.92 Å². The van der Waals surface area contributed by atoms with Gasteiger partial charge in [-0.05, 0) is 31.2 Å². The van der Waals surface area contributed by atoms with E-state index in [0.717, 1.165) is 5.82 Å². The molecule has 148 valence electrons. The number of para-hydroxylation sites is 1. The lowest BCUT2D eigenvalue weighted by Crippen LogP contribution is -2.50. The Balaban J connectivity index is 1.49. The predicted molar refractivity (Wildman–Crippen MR) is 101 cm³/mol. The summed E-state index contributed by atoms with van der Waals surface area (Å²) in [4.78, 5) is 32.0. The molecule has 0 radical (unpaired) electrons. The topological polar surface area (TPSA) is 72.0 Å². The maximum absolute atomic E-state index is 13.6. The van der Waals surface area contributed by atoms with Crippen molar-refractivity contribution in [1.29, 1.82) is 0 Å². The molecule has 0 aliphatic carbocycles. The quantitative estimate of drug-likeness (QED) is 0.707. The highest BCUT2D eigenvalue weighted by atomic mass is 19.1. The third-order valence-corrected chi connectivity index (χ3v) is 4.40. The van der Waals surface area contributed by atoms with Crippen molar-refractivity contribution in [3.8, 4) is 5.75 Å². The van der Waals surface area contributed by atoms with E-state index >= 15 is 0 Å². The Hall–Kier alpha value is -3.16. The molecule has 7 nitrogen and oxygen atoms in total. The van der Waals surface area contributed by atoms with Gasteiger partial charge in [-0.2, -0.15) is 0 Å². The molecule has 1 aromatic carbocycles. The molecule has 1 amide bonds. The second-order valence-corrected chi connectivity index (χ2v) is 6.21. The molecule has 1 fully saturated rings. The maximum Gasteiger partial charge on any atom is 0.339 e. The van der Waals surface area contributed by atoms with Crippen molar-refractivity contribution in [2.75, 3.05) is 44.3 Å². The van der Waals surface area contributed by atoms with Crippen molar-refractivity contribution in [2.24, 2.45) is 0 Å². The van der Waals surface area contributed by atoms with Gasteiger partial charge in [-0.15, -0.1) is 0 Å². The van der Waals surface area contributed by atoms with Crippen LogP contribution in [0.3, 0.4) is 0 Å². The van der Waals surface area contributed by atoms with E-state index in [2.05, 4.69) is 4.98 Å². The number of benzene rings is 1. The summed E-state index contributed by atoms with van der Waals surface area (Å²) in [7, 11) is 0. The number of carbonyl (C=O) groups is 2. The van der Waals surface area contributed by atoms with Crippen LogP contribution in [0.1, 0.15) is 17.3 Å². The summed E-state index contributed by atoms with van der Waals surface area (Å²) >= 11 is 0. The zero-order valence-electron chi connectivity index (χ0n) is 15.6. The molecule has 28 heavy (non-hydrogen) atoms. The zero-order chi connectivity index (χ0) is 19.9. The van der Waals surface area contributed by atoms with Gasteiger partial charge in [0.1, 0.15) is 5.82 Å². The first-order valence-corrected chi connectivity index (χ1v) is 9.11. The third-order valence-electron chi connectivity index (χ3n) is 4.40. The standard InChI is InChI=1S/C20H22FN3O4/c1-2-27-20(26)15-7-8-18(22-13-15)23-9-11-24(12-10-23)19(25)14-28-17-6-4-3-5-16(17)21/h3-8,13H,2,9-12,14H2,1H3. The zero-order valence-corrected chi connectivity index (χ0v) is 15.6. The third kappa shape index (κ3) is 4.76. The van der Waals surface area contributed by atoms with Gasteiger partial charge in [0, 0.05) is 32.4 Å². The van der Waals surface area contributed by atoms with E-state index in [1.54, 1.807) is 36.1 Å². The molecule has 1 aliphatic rings. The first kappa shape index (κ1) is 19.6. The molecule has 0 bridgehead atoms. The largest absolute Gasteiger partial charge is 0.481 e. The van der Waals surface area contributed by atoms with Crippen LogP contribution in [0.15, 0.2) is 42.6 Å². The lowest BCUT2D eigenvalue weighted by atomic mass is 10.2. The van der Waals surface area contributed by atoms with Crippen LogP contribution in [-0.4, -0.2) is 61.2 Å². The van der Waals surface area contributed by atoms with E-state index in [0.29, 0.717) is 38.3 Å². The van der Waals surface area contributed by atoms with Crippen LogP contribution in [0, 0.1) is 5.82 Å². The highest BCUT2D eigenvalue weighted by molar-refractivity contribution is 5.89. The first-order valence-electron chi connectivity index (χ1n) is 9.11. The van der Waals surface area contributed by atoms with Crippen molar-refractivity contribution in [3.63, 3.8) is 0 Å².